The molecule has 1 rings (SSSR count). The van der Waals surface area contributed by atoms with E-state index in [0.29, 0.717) is 12.4 Å². The van der Waals surface area contributed by atoms with Crippen LogP contribution in [0.15, 0.2) is 53.1 Å². The third kappa shape index (κ3) is 8.56. The van der Waals surface area contributed by atoms with E-state index < -0.39 is 5.97 Å². The molecule has 26 heavy (non-hydrogen) atoms. The number of benzene rings is 1. The van der Waals surface area contributed by atoms with Gasteiger partial charge in [-0.25, -0.2) is 4.79 Å². The average Bonchev–Trinajstić information content (AvgIpc) is 2.54. The van der Waals surface area contributed by atoms with Crippen LogP contribution in [0.4, 0.5) is 0 Å². The molecule has 0 saturated heterocycles. The number of aromatic carboxylic acids is 1. The number of rotatable bonds is 10. The second-order valence-electron chi connectivity index (χ2n) is 6.75. The number of ether oxygens (including phenoxy) is 1. The van der Waals surface area contributed by atoms with Crippen LogP contribution in [0.25, 0.3) is 0 Å². The van der Waals surface area contributed by atoms with Crippen molar-refractivity contribution in [3.8, 4) is 11.5 Å². The zero-order chi connectivity index (χ0) is 19.5. The Morgan fingerprint density at radius 2 is 1.62 bits per heavy atom. The SMILES string of the molecule is CC(C)=CCC/C(C)=C/CC/C(C)=C/COc1ccc(C(=O)O)c(O)c1. The number of carboxylic acid groups (broad SMARTS) is 1. The van der Waals surface area contributed by atoms with Gasteiger partial charge in [0.05, 0.1) is 0 Å². The molecule has 0 spiro atoms. The zero-order valence-corrected chi connectivity index (χ0v) is 16.2. The van der Waals surface area contributed by atoms with Crippen LogP contribution in [0.3, 0.4) is 0 Å². The molecule has 0 atom stereocenters. The summed E-state index contributed by atoms with van der Waals surface area (Å²) >= 11 is 0. The van der Waals surface area contributed by atoms with Crippen molar-refractivity contribution in [3.63, 3.8) is 0 Å². The minimum atomic E-state index is -1.16. The van der Waals surface area contributed by atoms with E-state index in [1.807, 2.05) is 6.08 Å². The number of carbonyl (C=O) groups is 1. The molecule has 1 aromatic carbocycles. The normalized spacial score (nSPS) is 12.0. The van der Waals surface area contributed by atoms with Crippen molar-refractivity contribution in [2.45, 2.75) is 53.4 Å². The van der Waals surface area contributed by atoms with Gasteiger partial charge in [-0.1, -0.05) is 28.9 Å². The van der Waals surface area contributed by atoms with Crippen LogP contribution < -0.4 is 4.74 Å². The molecule has 0 fully saturated rings. The third-order valence-electron chi connectivity index (χ3n) is 4.00. The predicted octanol–water partition coefficient (Wildman–Crippen LogP) is 5.89. The third-order valence-corrected chi connectivity index (χ3v) is 4.00. The minimum Gasteiger partial charge on any atom is -0.507 e. The summed E-state index contributed by atoms with van der Waals surface area (Å²) < 4.78 is 5.54. The summed E-state index contributed by atoms with van der Waals surface area (Å²) in [6.45, 7) is 8.88. The van der Waals surface area contributed by atoms with Crippen molar-refractivity contribution in [1.82, 2.24) is 0 Å². The largest absolute Gasteiger partial charge is 0.507 e. The molecule has 0 amide bonds. The smallest absolute Gasteiger partial charge is 0.339 e. The van der Waals surface area contributed by atoms with Crippen LogP contribution in [-0.2, 0) is 0 Å². The molecule has 0 aliphatic heterocycles. The van der Waals surface area contributed by atoms with Crippen molar-refractivity contribution in [1.29, 1.82) is 0 Å². The Kier molecular flexibility index (Phi) is 9.27. The predicted molar refractivity (Wildman–Crippen MR) is 106 cm³/mol. The summed E-state index contributed by atoms with van der Waals surface area (Å²) in [5.74, 6) is -0.995. The van der Waals surface area contributed by atoms with Crippen molar-refractivity contribution in [2.24, 2.45) is 0 Å². The first kappa shape index (κ1) is 21.6. The quantitative estimate of drug-likeness (QED) is 0.512. The fraction of sp³-hybridized carbons (Fsp3) is 0.409. The Bertz CT molecular complexity index is 692. The highest BCUT2D eigenvalue weighted by molar-refractivity contribution is 5.90. The highest BCUT2D eigenvalue weighted by atomic mass is 16.5. The molecule has 2 N–H and O–H groups in total. The molecule has 0 unspecified atom stereocenters. The Hall–Kier alpha value is -2.49. The summed E-state index contributed by atoms with van der Waals surface area (Å²) in [6.07, 6.45) is 10.8. The van der Waals surface area contributed by atoms with E-state index in [9.17, 15) is 9.90 Å². The summed E-state index contributed by atoms with van der Waals surface area (Å²) in [4.78, 5) is 10.9. The van der Waals surface area contributed by atoms with Gasteiger partial charge in [0.25, 0.3) is 0 Å². The fourth-order valence-corrected chi connectivity index (χ4v) is 2.40. The van der Waals surface area contributed by atoms with Crippen LogP contribution >= 0.6 is 0 Å². The number of carboxylic acids is 1. The molecule has 0 aliphatic rings. The maximum atomic E-state index is 10.9. The van der Waals surface area contributed by atoms with Gasteiger partial charge in [-0.05, 0) is 71.6 Å². The van der Waals surface area contributed by atoms with E-state index in [1.165, 1.54) is 28.9 Å². The van der Waals surface area contributed by atoms with Crippen molar-refractivity contribution in [2.75, 3.05) is 6.61 Å². The van der Waals surface area contributed by atoms with E-state index in [4.69, 9.17) is 9.84 Å². The number of allylic oxidation sites excluding steroid dienone is 5. The second kappa shape index (κ2) is 11.2. The van der Waals surface area contributed by atoms with Gasteiger partial charge in [-0.2, -0.15) is 0 Å². The maximum Gasteiger partial charge on any atom is 0.339 e. The summed E-state index contributed by atoms with van der Waals surface area (Å²) in [6, 6.07) is 4.21. The summed E-state index contributed by atoms with van der Waals surface area (Å²) in [5.41, 5.74) is 3.89. The lowest BCUT2D eigenvalue weighted by Gasteiger charge is -2.06. The van der Waals surface area contributed by atoms with Crippen LogP contribution in [0.5, 0.6) is 11.5 Å². The number of phenols is 1. The van der Waals surface area contributed by atoms with Crippen LogP contribution in [0.1, 0.15) is 63.7 Å². The van der Waals surface area contributed by atoms with E-state index in [1.54, 1.807) is 6.07 Å². The van der Waals surface area contributed by atoms with Crippen LogP contribution in [0.2, 0.25) is 0 Å². The number of hydrogen-bond acceptors (Lipinski definition) is 3. The highest BCUT2D eigenvalue weighted by Gasteiger charge is 2.09. The first-order chi connectivity index (χ1) is 12.3. The Morgan fingerprint density at radius 1 is 1.00 bits per heavy atom. The number of aromatic hydroxyl groups is 1. The van der Waals surface area contributed by atoms with Gasteiger partial charge in [0.15, 0.2) is 0 Å². The fourth-order valence-electron chi connectivity index (χ4n) is 2.40. The average molecular weight is 358 g/mol. The van der Waals surface area contributed by atoms with E-state index in [0.717, 1.165) is 25.7 Å². The Balaban J connectivity index is 2.39. The summed E-state index contributed by atoms with van der Waals surface area (Å²) in [7, 11) is 0. The molecule has 0 aliphatic carbocycles. The van der Waals surface area contributed by atoms with E-state index in [2.05, 4.69) is 39.8 Å². The molecular weight excluding hydrogens is 328 g/mol. The van der Waals surface area contributed by atoms with Gasteiger partial charge < -0.3 is 14.9 Å². The molecule has 1 aromatic rings. The molecule has 0 heterocycles. The van der Waals surface area contributed by atoms with Gasteiger partial charge in [0.1, 0.15) is 23.7 Å². The van der Waals surface area contributed by atoms with Crippen molar-refractivity contribution >= 4 is 5.97 Å². The zero-order valence-electron chi connectivity index (χ0n) is 16.2. The first-order valence-corrected chi connectivity index (χ1v) is 8.93. The van der Waals surface area contributed by atoms with E-state index >= 15 is 0 Å². The molecule has 4 nitrogen and oxygen atoms in total. The van der Waals surface area contributed by atoms with Gasteiger partial charge in [-0.3, -0.25) is 0 Å². The van der Waals surface area contributed by atoms with Gasteiger partial charge >= 0.3 is 5.97 Å². The van der Waals surface area contributed by atoms with Gasteiger partial charge in [0, 0.05) is 6.07 Å². The summed E-state index contributed by atoms with van der Waals surface area (Å²) in [5, 5.41) is 18.5. The maximum absolute atomic E-state index is 10.9. The number of hydrogen-bond donors (Lipinski definition) is 2. The monoisotopic (exact) mass is 358 g/mol. The van der Waals surface area contributed by atoms with Crippen LogP contribution in [-0.4, -0.2) is 22.8 Å². The topological polar surface area (TPSA) is 66.8 Å². The Morgan fingerprint density at radius 3 is 2.19 bits per heavy atom. The van der Waals surface area contributed by atoms with E-state index in [-0.39, 0.29) is 11.3 Å². The van der Waals surface area contributed by atoms with Gasteiger partial charge in [0.2, 0.25) is 0 Å². The standard InChI is InChI=1S/C22H30O4/c1-16(2)7-5-8-17(3)9-6-10-18(4)13-14-26-19-11-12-20(22(24)25)21(23)15-19/h7,9,11-13,15,23H,5-6,8,10,14H2,1-4H3,(H,24,25)/b17-9+,18-13+. The molecule has 0 aromatic heterocycles. The molecule has 142 valence electrons. The molecule has 0 bridgehead atoms. The molecule has 0 saturated carbocycles. The van der Waals surface area contributed by atoms with Crippen molar-refractivity contribution < 1.29 is 19.7 Å². The minimum absolute atomic E-state index is 0.129. The second-order valence-corrected chi connectivity index (χ2v) is 6.75. The van der Waals surface area contributed by atoms with Crippen molar-refractivity contribution in [3.05, 3.63) is 58.7 Å². The molecule has 4 heteroatoms. The lowest BCUT2D eigenvalue weighted by Crippen LogP contribution is -1.99. The molecule has 0 radical (unpaired) electrons. The van der Waals surface area contributed by atoms with Crippen LogP contribution in [0, 0.1) is 0 Å². The highest BCUT2D eigenvalue weighted by Crippen LogP contribution is 2.23. The first-order valence-electron chi connectivity index (χ1n) is 8.93. The Labute approximate surface area is 156 Å². The van der Waals surface area contributed by atoms with Gasteiger partial charge in [-0.15, -0.1) is 0 Å². The lowest BCUT2D eigenvalue weighted by atomic mass is 10.1. The lowest BCUT2D eigenvalue weighted by molar-refractivity contribution is 0.0693. The molecular formula is C22H30O4.